The predicted octanol–water partition coefficient (Wildman–Crippen LogP) is 1.62. The number of aliphatic imine (C=N–C) groups is 1. The van der Waals surface area contributed by atoms with Crippen LogP contribution in [0, 0.1) is 5.82 Å². The summed E-state index contributed by atoms with van der Waals surface area (Å²) in [5.74, 6) is -0.547. The number of piperazine rings is 1. The van der Waals surface area contributed by atoms with Gasteiger partial charge in [0.05, 0.1) is 6.54 Å². The van der Waals surface area contributed by atoms with Gasteiger partial charge in [0.15, 0.2) is 22.7 Å². The largest absolute Gasteiger partial charge is 0.505 e. The Kier molecular flexibility index (Phi) is 4.61. The van der Waals surface area contributed by atoms with Crippen molar-refractivity contribution in [3.05, 3.63) is 41.2 Å². The fourth-order valence-corrected chi connectivity index (χ4v) is 3.12. The first-order chi connectivity index (χ1) is 11.1. The molecule has 1 fully saturated rings. The number of hydrogen-bond acceptors (Lipinski definition) is 5. The third-order valence-electron chi connectivity index (χ3n) is 3.73. The zero-order valence-electron chi connectivity index (χ0n) is 12.5. The van der Waals surface area contributed by atoms with Crippen molar-refractivity contribution in [2.75, 3.05) is 31.1 Å². The average Bonchev–Trinajstić information content (AvgIpc) is 3.10. The number of benzene rings is 1. The molecular formula is C15H18FN5OS. The maximum atomic E-state index is 13.3. The molecule has 1 aliphatic heterocycles. The van der Waals surface area contributed by atoms with E-state index >= 15 is 0 Å². The minimum absolute atomic E-state index is 0.287. The lowest BCUT2D eigenvalue weighted by Crippen LogP contribution is -2.51. The lowest BCUT2D eigenvalue weighted by Gasteiger charge is -2.35. The van der Waals surface area contributed by atoms with Crippen LogP contribution in [0.1, 0.15) is 5.56 Å². The first-order valence-corrected chi connectivity index (χ1v) is 8.18. The Bertz CT molecular complexity index is 683. The molecule has 1 saturated heterocycles. The summed E-state index contributed by atoms with van der Waals surface area (Å²) in [4.78, 5) is 12.9. The van der Waals surface area contributed by atoms with Crippen LogP contribution in [-0.2, 0) is 6.54 Å². The zero-order chi connectivity index (χ0) is 16.2. The van der Waals surface area contributed by atoms with E-state index in [2.05, 4.69) is 14.9 Å². The summed E-state index contributed by atoms with van der Waals surface area (Å²) in [6.07, 6.45) is 1.80. The van der Waals surface area contributed by atoms with Crippen LogP contribution in [0.15, 0.2) is 34.8 Å². The Labute approximate surface area is 137 Å². The monoisotopic (exact) mass is 335 g/mol. The molecule has 1 aromatic heterocycles. The molecule has 1 aliphatic rings. The molecule has 0 aliphatic carbocycles. The van der Waals surface area contributed by atoms with E-state index in [0.717, 1.165) is 31.3 Å². The van der Waals surface area contributed by atoms with Gasteiger partial charge in [-0.05, 0) is 17.7 Å². The van der Waals surface area contributed by atoms with Crippen molar-refractivity contribution in [3.63, 3.8) is 0 Å². The van der Waals surface area contributed by atoms with Crippen molar-refractivity contribution in [1.82, 2.24) is 9.88 Å². The Morgan fingerprint density at radius 1 is 1.35 bits per heavy atom. The number of phenolic OH excluding ortho intramolecular Hbond substituents is 1. The zero-order valence-corrected chi connectivity index (χ0v) is 13.3. The highest BCUT2D eigenvalue weighted by atomic mass is 32.1. The Morgan fingerprint density at radius 3 is 2.78 bits per heavy atom. The smallest absolute Gasteiger partial charge is 0.191 e. The standard InChI is InChI=1S/C15H18FN5OS/c16-12-9-11(1-2-13(12)22)10-19-14(17)20-4-6-21(7-5-20)15-18-3-8-23-15/h1-3,8-9,22H,4-7,10H2,(H2,17,19). The molecule has 8 heteroatoms. The molecule has 23 heavy (non-hydrogen) atoms. The molecule has 0 saturated carbocycles. The minimum Gasteiger partial charge on any atom is -0.505 e. The van der Waals surface area contributed by atoms with Gasteiger partial charge in [-0.1, -0.05) is 6.07 Å². The quantitative estimate of drug-likeness (QED) is 0.658. The summed E-state index contributed by atoms with van der Waals surface area (Å²) in [5, 5.41) is 12.2. The number of nitrogens with two attached hydrogens (primary N) is 1. The van der Waals surface area contributed by atoms with Gasteiger partial charge in [-0.15, -0.1) is 11.3 Å². The molecule has 3 N–H and O–H groups in total. The van der Waals surface area contributed by atoms with Gasteiger partial charge in [0, 0.05) is 37.8 Å². The molecule has 1 aromatic carbocycles. The summed E-state index contributed by atoms with van der Waals surface area (Å²) in [5.41, 5.74) is 6.70. The fraction of sp³-hybridized carbons (Fsp3) is 0.333. The molecule has 0 unspecified atom stereocenters. The lowest BCUT2D eigenvalue weighted by molar-refractivity contribution is 0.380. The number of rotatable bonds is 3. The van der Waals surface area contributed by atoms with Crippen LogP contribution in [-0.4, -0.2) is 47.1 Å². The molecular weight excluding hydrogens is 317 g/mol. The van der Waals surface area contributed by atoms with Crippen LogP contribution in [0.5, 0.6) is 5.75 Å². The van der Waals surface area contributed by atoms with E-state index in [1.54, 1.807) is 23.6 Å². The van der Waals surface area contributed by atoms with Crippen LogP contribution < -0.4 is 10.6 Å². The molecule has 0 spiro atoms. The van der Waals surface area contributed by atoms with E-state index in [1.807, 2.05) is 10.3 Å². The van der Waals surface area contributed by atoms with Gasteiger partial charge in [0.2, 0.25) is 0 Å². The first kappa shape index (κ1) is 15.5. The van der Waals surface area contributed by atoms with E-state index in [0.29, 0.717) is 11.5 Å². The third-order valence-corrected chi connectivity index (χ3v) is 4.56. The van der Waals surface area contributed by atoms with Crippen LogP contribution in [0.25, 0.3) is 0 Å². The summed E-state index contributed by atoms with van der Waals surface area (Å²) >= 11 is 1.63. The Morgan fingerprint density at radius 2 is 2.13 bits per heavy atom. The van der Waals surface area contributed by atoms with Gasteiger partial charge in [0.25, 0.3) is 0 Å². The first-order valence-electron chi connectivity index (χ1n) is 7.30. The predicted molar refractivity (Wildman–Crippen MR) is 89.3 cm³/mol. The van der Waals surface area contributed by atoms with Crippen molar-refractivity contribution in [2.24, 2.45) is 10.7 Å². The van der Waals surface area contributed by atoms with Gasteiger partial charge in [-0.25, -0.2) is 14.4 Å². The van der Waals surface area contributed by atoms with Crippen molar-refractivity contribution >= 4 is 22.4 Å². The topological polar surface area (TPSA) is 78.0 Å². The molecule has 0 bridgehead atoms. The number of hydrogen-bond donors (Lipinski definition) is 2. The highest BCUT2D eigenvalue weighted by Gasteiger charge is 2.19. The van der Waals surface area contributed by atoms with Crippen molar-refractivity contribution in [1.29, 1.82) is 0 Å². The average molecular weight is 335 g/mol. The molecule has 0 atom stereocenters. The van der Waals surface area contributed by atoms with Gasteiger partial charge in [-0.2, -0.15) is 0 Å². The summed E-state index contributed by atoms with van der Waals surface area (Å²) in [6, 6.07) is 4.23. The van der Waals surface area contributed by atoms with Gasteiger partial charge in [0.1, 0.15) is 0 Å². The van der Waals surface area contributed by atoms with Crippen molar-refractivity contribution < 1.29 is 9.50 Å². The van der Waals surface area contributed by atoms with Gasteiger partial charge in [-0.3, -0.25) is 0 Å². The lowest BCUT2D eigenvalue weighted by atomic mass is 10.2. The fourth-order valence-electron chi connectivity index (χ4n) is 2.42. The van der Waals surface area contributed by atoms with Crippen LogP contribution in [0.3, 0.4) is 0 Å². The molecule has 2 aromatic rings. The minimum atomic E-state index is -0.645. The highest BCUT2D eigenvalue weighted by Crippen LogP contribution is 2.19. The normalized spacial score (nSPS) is 16.0. The van der Waals surface area contributed by atoms with Gasteiger partial charge < -0.3 is 20.6 Å². The molecule has 6 nitrogen and oxygen atoms in total. The number of aromatic nitrogens is 1. The second-order valence-corrected chi connectivity index (χ2v) is 6.12. The van der Waals surface area contributed by atoms with Crippen molar-refractivity contribution in [2.45, 2.75) is 6.54 Å². The summed E-state index contributed by atoms with van der Waals surface area (Å²) in [6.45, 7) is 3.53. The van der Waals surface area contributed by atoms with Gasteiger partial charge >= 0.3 is 0 Å². The van der Waals surface area contributed by atoms with Crippen LogP contribution >= 0.6 is 11.3 Å². The molecule has 0 amide bonds. The number of guanidine groups is 1. The molecule has 2 heterocycles. The van der Waals surface area contributed by atoms with E-state index < -0.39 is 5.82 Å². The number of nitrogens with zero attached hydrogens (tertiary/aromatic N) is 4. The second-order valence-electron chi connectivity index (χ2n) is 5.25. The number of anilines is 1. The maximum Gasteiger partial charge on any atom is 0.191 e. The number of phenols is 1. The Balaban J connectivity index is 1.56. The van der Waals surface area contributed by atoms with E-state index in [-0.39, 0.29) is 12.3 Å². The van der Waals surface area contributed by atoms with Crippen molar-refractivity contribution in [3.8, 4) is 5.75 Å². The molecule has 0 radical (unpaired) electrons. The van der Waals surface area contributed by atoms with Crippen LogP contribution in [0.4, 0.5) is 9.52 Å². The van der Waals surface area contributed by atoms with E-state index in [4.69, 9.17) is 5.73 Å². The van der Waals surface area contributed by atoms with E-state index in [1.165, 1.54) is 12.1 Å². The third kappa shape index (κ3) is 3.70. The van der Waals surface area contributed by atoms with E-state index in [9.17, 15) is 9.50 Å². The maximum absolute atomic E-state index is 13.3. The summed E-state index contributed by atoms with van der Waals surface area (Å²) in [7, 11) is 0. The Hall–Kier alpha value is -2.35. The number of aromatic hydroxyl groups is 1. The molecule has 3 rings (SSSR count). The number of halogens is 1. The molecule has 122 valence electrons. The SMILES string of the molecule is NC(=NCc1ccc(O)c(F)c1)N1CCN(c2nccs2)CC1. The highest BCUT2D eigenvalue weighted by molar-refractivity contribution is 7.13. The number of thiazole rings is 1. The second kappa shape index (κ2) is 6.82. The summed E-state index contributed by atoms with van der Waals surface area (Å²) < 4.78 is 13.3. The van der Waals surface area contributed by atoms with Crippen LogP contribution in [0.2, 0.25) is 0 Å².